The van der Waals surface area contributed by atoms with E-state index >= 15 is 0 Å². The van der Waals surface area contributed by atoms with Crippen LogP contribution in [0, 0.1) is 0 Å². The first-order valence-corrected chi connectivity index (χ1v) is 9.95. The molecule has 2 aromatic rings. The fraction of sp³-hybridized carbons (Fsp3) is 0.435. The summed E-state index contributed by atoms with van der Waals surface area (Å²) in [5.74, 6) is 1.04. The van der Waals surface area contributed by atoms with Gasteiger partial charge in [0.1, 0.15) is 11.5 Å². The predicted molar refractivity (Wildman–Crippen MR) is 117 cm³/mol. The molecule has 0 unspecified atom stereocenters. The van der Waals surface area contributed by atoms with E-state index in [4.69, 9.17) is 9.47 Å². The molecule has 5 nitrogen and oxygen atoms in total. The highest BCUT2D eigenvalue weighted by molar-refractivity contribution is 6.12. The number of nitrogens with zero attached hydrogens (tertiary/aromatic N) is 2. The summed E-state index contributed by atoms with van der Waals surface area (Å²) in [7, 11) is 3.19. The van der Waals surface area contributed by atoms with Gasteiger partial charge in [0.05, 0.1) is 25.3 Å². The van der Waals surface area contributed by atoms with Gasteiger partial charge in [-0.05, 0) is 52.0 Å². The van der Waals surface area contributed by atoms with E-state index in [1.165, 1.54) is 0 Å². The molecule has 0 aliphatic carbocycles. The first kappa shape index (κ1) is 21.6. The molecule has 0 fully saturated rings. The van der Waals surface area contributed by atoms with Gasteiger partial charge in [-0.2, -0.15) is 0 Å². The Labute approximate surface area is 168 Å². The van der Waals surface area contributed by atoms with Crippen LogP contribution in [0.15, 0.2) is 36.4 Å². The minimum atomic E-state index is -0.106. The summed E-state index contributed by atoms with van der Waals surface area (Å²) >= 11 is 0. The lowest BCUT2D eigenvalue weighted by Gasteiger charge is -2.23. The molecule has 152 valence electrons. The van der Waals surface area contributed by atoms with E-state index in [0.717, 1.165) is 37.6 Å². The number of benzene rings is 2. The zero-order chi connectivity index (χ0) is 20.7. The monoisotopic (exact) mass is 384 g/mol. The second-order valence-electron chi connectivity index (χ2n) is 6.44. The minimum absolute atomic E-state index is 0.106. The van der Waals surface area contributed by atoms with Gasteiger partial charge in [-0.3, -0.25) is 4.79 Å². The summed E-state index contributed by atoms with van der Waals surface area (Å²) in [6, 6.07) is 11.5. The second-order valence-corrected chi connectivity index (χ2v) is 6.44. The summed E-state index contributed by atoms with van der Waals surface area (Å²) in [5.41, 5.74) is 3.16. The third kappa shape index (κ3) is 4.41. The third-order valence-electron chi connectivity index (χ3n) is 5.12. The summed E-state index contributed by atoms with van der Waals surface area (Å²) < 4.78 is 11.1. The van der Waals surface area contributed by atoms with Crippen molar-refractivity contribution in [3.8, 4) is 11.5 Å². The number of methoxy groups -OCH3 is 2. The molecule has 0 bridgehead atoms. The molecule has 0 amide bonds. The van der Waals surface area contributed by atoms with Crippen LogP contribution in [0.4, 0.5) is 11.4 Å². The highest BCUT2D eigenvalue weighted by atomic mass is 16.5. The molecule has 0 N–H and O–H groups in total. The number of ketones is 1. The molecule has 0 atom stereocenters. The van der Waals surface area contributed by atoms with Gasteiger partial charge in [0.15, 0.2) is 5.78 Å². The number of anilines is 2. The fourth-order valence-corrected chi connectivity index (χ4v) is 3.45. The first-order chi connectivity index (χ1) is 13.5. The molecule has 0 aliphatic heterocycles. The van der Waals surface area contributed by atoms with Crippen molar-refractivity contribution in [2.24, 2.45) is 0 Å². The van der Waals surface area contributed by atoms with Crippen molar-refractivity contribution in [3.05, 3.63) is 47.5 Å². The van der Waals surface area contributed by atoms with Crippen molar-refractivity contribution in [2.75, 3.05) is 50.2 Å². The maximum absolute atomic E-state index is 13.3. The van der Waals surface area contributed by atoms with Crippen LogP contribution < -0.4 is 19.3 Å². The minimum Gasteiger partial charge on any atom is -0.496 e. The predicted octanol–water partition coefficient (Wildman–Crippen LogP) is 4.63. The standard InChI is InChI=1S/C23H32N2O3/c1-7-24(8-2)17-11-13-19(21(15-17)27-5)23(26)20-14-12-18(16-22(20)28-6)25(9-3)10-4/h11-16H,7-10H2,1-6H3. The van der Waals surface area contributed by atoms with E-state index in [9.17, 15) is 4.79 Å². The van der Waals surface area contributed by atoms with Gasteiger partial charge in [0, 0.05) is 49.7 Å². The smallest absolute Gasteiger partial charge is 0.200 e. The summed E-state index contributed by atoms with van der Waals surface area (Å²) in [4.78, 5) is 17.7. The average molecular weight is 385 g/mol. The molecular weight excluding hydrogens is 352 g/mol. The van der Waals surface area contributed by atoms with Gasteiger partial charge in [0.25, 0.3) is 0 Å². The molecule has 0 saturated heterocycles. The Bertz CT molecular complexity index is 731. The van der Waals surface area contributed by atoms with E-state index in [2.05, 4.69) is 37.5 Å². The van der Waals surface area contributed by atoms with Gasteiger partial charge in [-0.15, -0.1) is 0 Å². The van der Waals surface area contributed by atoms with Gasteiger partial charge in [-0.25, -0.2) is 0 Å². The second kappa shape index (κ2) is 10.0. The number of carbonyl (C=O) groups is 1. The molecule has 5 heteroatoms. The maximum atomic E-state index is 13.3. The van der Waals surface area contributed by atoms with E-state index in [1.807, 2.05) is 36.4 Å². The number of rotatable bonds is 10. The number of ether oxygens (including phenoxy) is 2. The largest absolute Gasteiger partial charge is 0.496 e. The van der Waals surface area contributed by atoms with Crippen LogP contribution in [-0.4, -0.2) is 46.2 Å². The van der Waals surface area contributed by atoms with Crippen LogP contribution in [0.2, 0.25) is 0 Å². The Morgan fingerprint density at radius 1 is 0.714 bits per heavy atom. The van der Waals surface area contributed by atoms with Crippen LogP contribution in [-0.2, 0) is 0 Å². The van der Waals surface area contributed by atoms with E-state index < -0.39 is 0 Å². The lowest BCUT2D eigenvalue weighted by molar-refractivity contribution is 0.103. The topological polar surface area (TPSA) is 42.0 Å². The molecule has 28 heavy (non-hydrogen) atoms. The SMILES string of the molecule is CCN(CC)c1ccc(C(=O)c2ccc(N(CC)CC)cc2OC)c(OC)c1. The Morgan fingerprint density at radius 2 is 1.07 bits per heavy atom. The highest BCUT2D eigenvalue weighted by Crippen LogP contribution is 2.32. The van der Waals surface area contributed by atoms with Crippen LogP contribution in [0.3, 0.4) is 0 Å². The molecule has 0 aliphatic rings. The van der Waals surface area contributed by atoms with Gasteiger partial charge < -0.3 is 19.3 Å². The van der Waals surface area contributed by atoms with Crippen LogP contribution in [0.5, 0.6) is 11.5 Å². The maximum Gasteiger partial charge on any atom is 0.200 e. The van der Waals surface area contributed by atoms with Crippen LogP contribution >= 0.6 is 0 Å². The van der Waals surface area contributed by atoms with Crippen LogP contribution in [0.25, 0.3) is 0 Å². The summed E-state index contributed by atoms with van der Waals surface area (Å²) in [5, 5.41) is 0. The molecule has 2 aromatic carbocycles. The Morgan fingerprint density at radius 3 is 1.36 bits per heavy atom. The Kier molecular flexibility index (Phi) is 7.73. The third-order valence-corrected chi connectivity index (χ3v) is 5.12. The van der Waals surface area contributed by atoms with Crippen molar-refractivity contribution in [1.29, 1.82) is 0 Å². The molecule has 0 radical (unpaired) electrons. The molecule has 0 heterocycles. The van der Waals surface area contributed by atoms with E-state index in [0.29, 0.717) is 22.6 Å². The van der Waals surface area contributed by atoms with Crippen molar-refractivity contribution in [2.45, 2.75) is 27.7 Å². The molecule has 0 spiro atoms. The van der Waals surface area contributed by atoms with Gasteiger partial charge >= 0.3 is 0 Å². The van der Waals surface area contributed by atoms with Crippen molar-refractivity contribution in [1.82, 2.24) is 0 Å². The molecule has 0 aromatic heterocycles. The Balaban J connectivity index is 2.45. The first-order valence-electron chi connectivity index (χ1n) is 9.95. The molecular formula is C23H32N2O3. The van der Waals surface area contributed by atoms with Gasteiger partial charge in [-0.1, -0.05) is 0 Å². The van der Waals surface area contributed by atoms with E-state index in [-0.39, 0.29) is 5.78 Å². The zero-order valence-corrected chi connectivity index (χ0v) is 17.9. The summed E-state index contributed by atoms with van der Waals surface area (Å²) in [6.45, 7) is 12.0. The summed E-state index contributed by atoms with van der Waals surface area (Å²) in [6.07, 6.45) is 0. The highest BCUT2D eigenvalue weighted by Gasteiger charge is 2.20. The molecule has 0 saturated carbocycles. The van der Waals surface area contributed by atoms with Crippen LogP contribution in [0.1, 0.15) is 43.6 Å². The normalized spacial score (nSPS) is 10.5. The van der Waals surface area contributed by atoms with Gasteiger partial charge in [0.2, 0.25) is 0 Å². The number of carbonyl (C=O) groups excluding carboxylic acids is 1. The average Bonchev–Trinajstić information content (AvgIpc) is 2.74. The lowest BCUT2D eigenvalue weighted by atomic mass is 10.00. The molecule has 2 rings (SSSR count). The van der Waals surface area contributed by atoms with E-state index in [1.54, 1.807) is 14.2 Å². The Hall–Kier alpha value is -2.69. The quantitative estimate of drug-likeness (QED) is 0.559. The lowest BCUT2D eigenvalue weighted by Crippen LogP contribution is -2.22. The van der Waals surface area contributed by atoms with Crippen molar-refractivity contribution >= 4 is 17.2 Å². The van der Waals surface area contributed by atoms with Crippen molar-refractivity contribution < 1.29 is 14.3 Å². The zero-order valence-electron chi connectivity index (χ0n) is 17.9. The fourth-order valence-electron chi connectivity index (χ4n) is 3.45. The number of hydrogen-bond donors (Lipinski definition) is 0. The van der Waals surface area contributed by atoms with Crippen molar-refractivity contribution in [3.63, 3.8) is 0 Å². The number of hydrogen-bond acceptors (Lipinski definition) is 5.